The molecule has 1 N–H and O–H groups in total. The van der Waals surface area contributed by atoms with Crippen molar-refractivity contribution in [3.8, 4) is 5.75 Å². The van der Waals surface area contributed by atoms with Crippen molar-refractivity contribution in [3.63, 3.8) is 0 Å². The second kappa shape index (κ2) is 6.15. The summed E-state index contributed by atoms with van der Waals surface area (Å²) in [6, 6.07) is 8.71. The van der Waals surface area contributed by atoms with Crippen molar-refractivity contribution in [2.24, 2.45) is 16.7 Å². The number of carbonyl (C=O) groups excluding carboxylic acids is 1. The quantitative estimate of drug-likeness (QED) is 0.653. The Kier molecular flexibility index (Phi) is 4.64. The molecule has 0 saturated heterocycles. The molecule has 3 unspecified atom stereocenters. The Labute approximate surface area is 133 Å². The van der Waals surface area contributed by atoms with Crippen LogP contribution in [0.5, 0.6) is 5.75 Å². The molecule has 0 amide bonds. The zero-order chi connectivity index (χ0) is 16.4. The van der Waals surface area contributed by atoms with Gasteiger partial charge in [0.2, 0.25) is 0 Å². The first-order valence-electron chi connectivity index (χ1n) is 7.88. The molecule has 0 heterocycles. The average molecular weight is 302 g/mol. The number of hydrogen-bond donors (Lipinski definition) is 1. The number of phenols is 1. The number of phenolic OH excluding ortho intramolecular Hbond substituents is 1. The van der Waals surface area contributed by atoms with E-state index in [9.17, 15) is 4.79 Å². The SMILES string of the molecule is C=CC(=O)OC1CC2CCC1(C)C2(C)C.Oc1ccccc1. The first-order valence-corrected chi connectivity index (χ1v) is 7.88. The molecule has 0 spiro atoms. The number of hydrogen-bond acceptors (Lipinski definition) is 3. The largest absolute Gasteiger partial charge is 0.508 e. The van der Waals surface area contributed by atoms with E-state index in [0.29, 0.717) is 17.1 Å². The molecular weight excluding hydrogens is 276 g/mol. The molecule has 1 aromatic rings. The number of aromatic hydroxyl groups is 1. The maximum atomic E-state index is 11.3. The summed E-state index contributed by atoms with van der Waals surface area (Å²) in [5, 5.41) is 8.63. The van der Waals surface area contributed by atoms with Crippen LogP contribution in [0, 0.1) is 16.7 Å². The Balaban J connectivity index is 0.000000211. The second-order valence-corrected chi connectivity index (χ2v) is 7.08. The maximum absolute atomic E-state index is 11.3. The number of rotatable bonds is 2. The molecule has 3 nitrogen and oxygen atoms in total. The number of esters is 1. The van der Waals surface area contributed by atoms with Crippen LogP contribution >= 0.6 is 0 Å². The lowest BCUT2D eigenvalue weighted by Gasteiger charge is -2.38. The highest BCUT2D eigenvalue weighted by Gasteiger charge is 2.62. The van der Waals surface area contributed by atoms with E-state index in [-0.39, 0.29) is 17.5 Å². The van der Waals surface area contributed by atoms with Gasteiger partial charge >= 0.3 is 5.97 Å². The monoisotopic (exact) mass is 302 g/mol. The van der Waals surface area contributed by atoms with Crippen molar-refractivity contribution in [1.29, 1.82) is 0 Å². The first kappa shape index (κ1) is 16.6. The van der Waals surface area contributed by atoms with E-state index in [1.807, 2.05) is 6.07 Å². The van der Waals surface area contributed by atoms with Gasteiger partial charge in [-0.3, -0.25) is 0 Å². The third-order valence-electron chi connectivity index (χ3n) is 5.90. The molecule has 2 fully saturated rings. The Morgan fingerprint density at radius 2 is 1.95 bits per heavy atom. The number of benzene rings is 1. The van der Waals surface area contributed by atoms with E-state index in [4.69, 9.17) is 9.84 Å². The van der Waals surface area contributed by atoms with Gasteiger partial charge in [0.05, 0.1) is 0 Å². The van der Waals surface area contributed by atoms with E-state index >= 15 is 0 Å². The van der Waals surface area contributed by atoms with Crippen molar-refractivity contribution in [2.75, 3.05) is 0 Å². The van der Waals surface area contributed by atoms with Gasteiger partial charge in [-0.1, -0.05) is 45.5 Å². The molecule has 0 aliphatic heterocycles. The number of carbonyl (C=O) groups is 1. The molecule has 2 saturated carbocycles. The molecule has 2 bridgehead atoms. The van der Waals surface area contributed by atoms with Crippen molar-refractivity contribution >= 4 is 5.97 Å². The van der Waals surface area contributed by atoms with Crippen LogP contribution in [0.1, 0.15) is 40.0 Å². The predicted molar refractivity (Wildman–Crippen MR) is 87.4 cm³/mol. The molecule has 0 radical (unpaired) electrons. The van der Waals surface area contributed by atoms with Crippen LogP contribution in [0.25, 0.3) is 0 Å². The van der Waals surface area contributed by atoms with Crippen LogP contribution < -0.4 is 0 Å². The lowest BCUT2D eigenvalue weighted by molar-refractivity contribution is -0.150. The van der Waals surface area contributed by atoms with E-state index in [0.717, 1.165) is 6.42 Å². The highest BCUT2D eigenvalue weighted by Crippen LogP contribution is 2.66. The molecule has 1 aromatic carbocycles. The minimum atomic E-state index is -0.274. The lowest BCUT2D eigenvalue weighted by Crippen LogP contribution is -2.38. The smallest absolute Gasteiger partial charge is 0.330 e. The predicted octanol–water partition coefficient (Wildman–Crippen LogP) is 4.32. The van der Waals surface area contributed by atoms with Gasteiger partial charge in [-0.25, -0.2) is 4.79 Å². The molecule has 3 heteroatoms. The molecular formula is C19H26O3. The summed E-state index contributed by atoms with van der Waals surface area (Å²) < 4.78 is 5.48. The van der Waals surface area contributed by atoms with Crippen LogP contribution in [0.4, 0.5) is 0 Å². The number of fused-ring (bicyclic) bond motifs is 2. The van der Waals surface area contributed by atoms with Crippen molar-refractivity contribution in [1.82, 2.24) is 0 Å². The summed E-state index contributed by atoms with van der Waals surface area (Å²) >= 11 is 0. The Morgan fingerprint density at radius 3 is 2.32 bits per heavy atom. The normalized spacial score (nSPS) is 31.0. The summed E-state index contributed by atoms with van der Waals surface area (Å²) in [4.78, 5) is 11.3. The van der Waals surface area contributed by atoms with Crippen LogP contribution in [0.15, 0.2) is 43.0 Å². The van der Waals surface area contributed by atoms with E-state index in [1.165, 1.54) is 18.9 Å². The van der Waals surface area contributed by atoms with Crippen LogP contribution in [-0.4, -0.2) is 17.2 Å². The van der Waals surface area contributed by atoms with Gasteiger partial charge in [-0.15, -0.1) is 0 Å². The Hall–Kier alpha value is -1.77. The topological polar surface area (TPSA) is 46.5 Å². The van der Waals surface area contributed by atoms with E-state index < -0.39 is 0 Å². The third kappa shape index (κ3) is 2.90. The minimum absolute atomic E-state index is 0.0942. The van der Waals surface area contributed by atoms with Gasteiger partial charge in [-0.05, 0) is 42.7 Å². The van der Waals surface area contributed by atoms with Gasteiger partial charge in [-0.2, -0.15) is 0 Å². The molecule has 3 rings (SSSR count). The maximum Gasteiger partial charge on any atom is 0.330 e. The zero-order valence-electron chi connectivity index (χ0n) is 13.7. The van der Waals surface area contributed by atoms with Crippen LogP contribution in [0.3, 0.4) is 0 Å². The Bertz CT molecular complexity index is 535. The molecule has 22 heavy (non-hydrogen) atoms. The molecule has 0 aromatic heterocycles. The first-order chi connectivity index (χ1) is 10.3. The fourth-order valence-corrected chi connectivity index (χ4v) is 3.92. The van der Waals surface area contributed by atoms with Crippen molar-refractivity contribution in [3.05, 3.63) is 43.0 Å². The fourth-order valence-electron chi connectivity index (χ4n) is 3.92. The lowest BCUT2D eigenvalue weighted by atomic mass is 9.70. The van der Waals surface area contributed by atoms with Gasteiger partial charge in [0.1, 0.15) is 11.9 Å². The summed E-state index contributed by atoms with van der Waals surface area (Å²) in [5.41, 5.74) is 0.468. The average Bonchev–Trinajstić information content (AvgIpc) is 2.82. The number of ether oxygens (including phenoxy) is 1. The van der Waals surface area contributed by atoms with Crippen molar-refractivity contribution < 1.29 is 14.6 Å². The van der Waals surface area contributed by atoms with Gasteiger partial charge in [0, 0.05) is 11.5 Å². The highest BCUT2D eigenvalue weighted by atomic mass is 16.5. The molecule has 2 aliphatic rings. The fraction of sp³-hybridized carbons (Fsp3) is 0.526. The second-order valence-electron chi connectivity index (χ2n) is 7.08. The summed E-state index contributed by atoms with van der Waals surface area (Å²) in [5.74, 6) is 0.761. The van der Waals surface area contributed by atoms with Crippen LogP contribution in [0.2, 0.25) is 0 Å². The van der Waals surface area contributed by atoms with E-state index in [1.54, 1.807) is 24.3 Å². The van der Waals surface area contributed by atoms with Gasteiger partial charge < -0.3 is 9.84 Å². The van der Waals surface area contributed by atoms with Gasteiger partial charge in [0.15, 0.2) is 0 Å². The van der Waals surface area contributed by atoms with Crippen LogP contribution in [-0.2, 0) is 9.53 Å². The molecule has 120 valence electrons. The molecule has 2 aliphatic carbocycles. The molecule has 3 atom stereocenters. The zero-order valence-corrected chi connectivity index (χ0v) is 13.7. The van der Waals surface area contributed by atoms with E-state index in [2.05, 4.69) is 27.4 Å². The Morgan fingerprint density at radius 1 is 1.32 bits per heavy atom. The minimum Gasteiger partial charge on any atom is -0.508 e. The third-order valence-corrected chi connectivity index (χ3v) is 5.90. The highest BCUT2D eigenvalue weighted by molar-refractivity contribution is 5.81. The standard InChI is InChI=1S/C13H20O2.C6H6O/c1-5-11(14)15-10-8-9-6-7-13(10,4)12(9,2)3;7-6-4-2-1-3-5-6/h5,9-10H,1,6-8H2,2-4H3;1-5,7H. The summed E-state index contributed by atoms with van der Waals surface area (Å²) in [6.07, 6.45) is 4.85. The summed E-state index contributed by atoms with van der Waals surface area (Å²) in [6.45, 7) is 10.3. The van der Waals surface area contributed by atoms with Crippen molar-refractivity contribution in [2.45, 2.75) is 46.1 Å². The number of para-hydroxylation sites is 1. The summed E-state index contributed by atoms with van der Waals surface area (Å²) in [7, 11) is 0. The van der Waals surface area contributed by atoms with Gasteiger partial charge in [0.25, 0.3) is 0 Å².